The van der Waals surface area contributed by atoms with Crippen LogP contribution in [0.25, 0.3) is 17.1 Å². The van der Waals surface area contributed by atoms with Crippen molar-refractivity contribution in [1.82, 2.24) is 14.8 Å². The zero-order valence-electron chi connectivity index (χ0n) is 15.3. The van der Waals surface area contributed by atoms with Crippen molar-refractivity contribution in [3.63, 3.8) is 0 Å². The van der Waals surface area contributed by atoms with Crippen molar-refractivity contribution in [3.05, 3.63) is 63.4 Å². The zero-order chi connectivity index (χ0) is 18.3. The topological polar surface area (TPSA) is 39.9 Å². The predicted molar refractivity (Wildman–Crippen MR) is 107 cm³/mol. The first-order chi connectivity index (χ1) is 12.5. The first kappa shape index (κ1) is 17.4. The highest BCUT2D eigenvalue weighted by Crippen LogP contribution is 2.33. The van der Waals surface area contributed by atoms with E-state index in [0.29, 0.717) is 0 Å². The number of halogens is 1. The zero-order valence-corrected chi connectivity index (χ0v) is 16.9. The molecule has 0 radical (unpaired) electrons. The molecule has 1 aliphatic rings. The summed E-state index contributed by atoms with van der Waals surface area (Å²) in [6.07, 6.45) is 2.03. The van der Waals surface area contributed by atoms with Gasteiger partial charge in [0.25, 0.3) is 0 Å². The Bertz CT molecular complexity index is 889. The number of benzene rings is 2. The fraction of sp³-hybridized carbons (Fsp3) is 0.333. The molecule has 2 aromatic carbocycles. The second-order valence-corrected chi connectivity index (χ2v) is 7.83. The normalized spacial score (nSPS) is 17.0. The first-order valence-corrected chi connectivity index (χ1v) is 9.75. The fourth-order valence-electron chi connectivity index (χ4n) is 3.43. The van der Waals surface area contributed by atoms with E-state index in [1.54, 1.807) is 0 Å². The van der Waals surface area contributed by atoms with Gasteiger partial charge in [-0.05, 0) is 62.9 Å². The van der Waals surface area contributed by atoms with Crippen LogP contribution in [0.5, 0.6) is 0 Å². The van der Waals surface area contributed by atoms with Crippen molar-refractivity contribution in [2.24, 2.45) is 0 Å². The summed E-state index contributed by atoms with van der Waals surface area (Å²) in [4.78, 5) is 4.89. The Morgan fingerprint density at radius 2 is 1.85 bits per heavy atom. The minimum atomic E-state index is -0.00928. The van der Waals surface area contributed by atoms with Gasteiger partial charge in [0.05, 0.1) is 5.69 Å². The van der Waals surface area contributed by atoms with Gasteiger partial charge in [-0.1, -0.05) is 39.7 Å². The number of rotatable bonds is 3. The van der Waals surface area contributed by atoms with Crippen LogP contribution in [0, 0.1) is 20.8 Å². The van der Waals surface area contributed by atoms with Crippen molar-refractivity contribution >= 4 is 15.9 Å². The second kappa shape index (κ2) is 6.97. The van der Waals surface area contributed by atoms with Crippen LogP contribution in [-0.4, -0.2) is 21.4 Å². The van der Waals surface area contributed by atoms with Crippen molar-refractivity contribution in [1.29, 1.82) is 0 Å². The summed E-state index contributed by atoms with van der Waals surface area (Å²) in [6, 6.07) is 12.7. The van der Waals surface area contributed by atoms with Crippen LogP contribution < -0.4 is 0 Å². The van der Waals surface area contributed by atoms with Crippen LogP contribution in [0.15, 0.2) is 40.9 Å². The molecule has 1 unspecified atom stereocenters. The molecule has 3 aromatic rings. The van der Waals surface area contributed by atoms with E-state index in [4.69, 9.17) is 14.8 Å². The largest absolute Gasteiger partial charge is 0.370 e. The number of nitrogens with zero attached hydrogens (tertiary/aromatic N) is 3. The standard InChI is InChI=1S/C21H22BrN3O/c1-13-7-9-18(15(3)11-13)25-21(16-8-6-14(2)12-17(16)22)23-20(24-25)19-5-4-10-26-19/h6-9,11-12,19H,4-5,10H2,1-3H3. The van der Waals surface area contributed by atoms with Crippen LogP contribution in [0.2, 0.25) is 0 Å². The second-order valence-electron chi connectivity index (χ2n) is 6.98. The van der Waals surface area contributed by atoms with Gasteiger partial charge in [0.1, 0.15) is 6.10 Å². The van der Waals surface area contributed by atoms with Gasteiger partial charge in [0.15, 0.2) is 11.6 Å². The molecule has 0 bridgehead atoms. The summed E-state index contributed by atoms with van der Waals surface area (Å²) in [5, 5.41) is 4.85. The van der Waals surface area contributed by atoms with Crippen molar-refractivity contribution in [2.75, 3.05) is 6.61 Å². The molecular weight excluding hydrogens is 390 g/mol. The lowest BCUT2D eigenvalue weighted by Crippen LogP contribution is -2.04. The third-order valence-corrected chi connectivity index (χ3v) is 5.44. The average molecular weight is 412 g/mol. The van der Waals surface area contributed by atoms with Crippen molar-refractivity contribution in [2.45, 2.75) is 39.7 Å². The molecule has 0 amide bonds. The molecule has 1 aromatic heterocycles. The summed E-state index contributed by atoms with van der Waals surface area (Å²) in [5.74, 6) is 1.61. The predicted octanol–water partition coefficient (Wildman–Crippen LogP) is 5.47. The van der Waals surface area contributed by atoms with E-state index in [-0.39, 0.29) is 6.10 Å². The van der Waals surface area contributed by atoms with E-state index < -0.39 is 0 Å². The highest BCUT2D eigenvalue weighted by molar-refractivity contribution is 9.10. The Kier molecular flexibility index (Phi) is 4.67. The molecule has 1 aliphatic heterocycles. The molecule has 1 atom stereocenters. The van der Waals surface area contributed by atoms with E-state index in [2.05, 4.69) is 73.1 Å². The number of hydrogen-bond donors (Lipinski definition) is 0. The third-order valence-electron chi connectivity index (χ3n) is 4.79. The maximum atomic E-state index is 5.83. The summed E-state index contributed by atoms with van der Waals surface area (Å²) in [7, 11) is 0. The molecule has 4 nitrogen and oxygen atoms in total. The molecule has 0 spiro atoms. The molecule has 0 N–H and O–H groups in total. The van der Waals surface area contributed by atoms with Crippen LogP contribution >= 0.6 is 15.9 Å². The SMILES string of the molecule is Cc1ccc(-n2nc(C3CCCO3)nc2-c2ccc(C)cc2Br)c(C)c1. The molecule has 134 valence electrons. The highest BCUT2D eigenvalue weighted by Gasteiger charge is 2.25. The Morgan fingerprint density at radius 1 is 1.08 bits per heavy atom. The van der Waals surface area contributed by atoms with E-state index in [1.165, 1.54) is 16.7 Å². The number of aryl methyl sites for hydroxylation is 3. The van der Waals surface area contributed by atoms with Crippen LogP contribution in [0.3, 0.4) is 0 Å². The van der Waals surface area contributed by atoms with Crippen molar-refractivity contribution in [3.8, 4) is 17.1 Å². The molecule has 26 heavy (non-hydrogen) atoms. The molecule has 0 saturated carbocycles. The lowest BCUT2D eigenvalue weighted by molar-refractivity contribution is 0.105. The Hall–Kier alpha value is -1.98. The van der Waals surface area contributed by atoms with Gasteiger partial charge in [0, 0.05) is 16.6 Å². The molecule has 1 fully saturated rings. The number of hydrogen-bond acceptors (Lipinski definition) is 3. The summed E-state index contributed by atoms with van der Waals surface area (Å²) < 4.78 is 8.81. The summed E-state index contributed by atoms with van der Waals surface area (Å²) in [5.41, 5.74) is 5.71. The molecule has 4 rings (SSSR count). The minimum absolute atomic E-state index is 0.00928. The fourth-order valence-corrected chi connectivity index (χ4v) is 4.10. The number of ether oxygens (including phenoxy) is 1. The Morgan fingerprint density at radius 3 is 2.54 bits per heavy atom. The van der Waals surface area contributed by atoms with Gasteiger partial charge in [-0.2, -0.15) is 0 Å². The maximum absolute atomic E-state index is 5.83. The maximum Gasteiger partial charge on any atom is 0.180 e. The monoisotopic (exact) mass is 411 g/mol. The summed E-state index contributed by atoms with van der Waals surface area (Å²) >= 11 is 3.70. The quantitative estimate of drug-likeness (QED) is 0.573. The van der Waals surface area contributed by atoms with Crippen LogP contribution in [0.1, 0.15) is 41.5 Å². The smallest absolute Gasteiger partial charge is 0.180 e. The van der Waals surface area contributed by atoms with Gasteiger partial charge < -0.3 is 4.74 Å². The van der Waals surface area contributed by atoms with Gasteiger partial charge >= 0.3 is 0 Å². The van der Waals surface area contributed by atoms with Gasteiger partial charge in [-0.15, -0.1) is 5.10 Å². The van der Waals surface area contributed by atoms with Gasteiger partial charge in [0.2, 0.25) is 0 Å². The van der Waals surface area contributed by atoms with E-state index in [0.717, 1.165) is 46.8 Å². The van der Waals surface area contributed by atoms with E-state index in [1.807, 2.05) is 4.68 Å². The summed E-state index contributed by atoms with van der Waals surface area (Å²) in [6.45, 7) is 7.09. The molecule has 0 aliphatic carbocycles. The van der Waals surface area contributed by atoms with Crippen LogP contribution in [-0.2, 0) is 4.74 Å². The minimum Gasteiger partial charge on any atom is -0.370 e. The lowest BCUT2D eigenvalue weighted by Gasteiger charge is -2.11. The molecule has 2 heterocycles. The highest BCUT2D eigenvalue weighted by atomic mass is 79.9. The van der Waals surface area contributed by atoms with Crippen molar-refractivity contribution < 1.29 is 4.74 Å². The van der Waals surface area contributed by atoms with Gasteiger partial charge in [-0.3, -0.25) is 0 Å². The van der Waals surface area contributed by atoms with Crippen LogP contribution in [0.4, 0.5) is 0 Å². The lowest BCUT2D eigenvalue weighted by atomic mass is 10.1. The third kappa shape index (κ3) is 3.21. The molecular formula is C21H22BrN3O. The molecule has 5 heteroatoms. The van der Waals surface area contributed by atoms with E-state index >= 15 is 0 Å². The average Bonchev–Trinajstić information content (AvgIpc) is 3.24. The molecule has 1 saturated heterocycles. The van der Waals surface area contributed by atoms with Gasteiger partial charge in [-0.25, -0.2) is 9.67 Å². The Balaban J connectivity index is 1.90. The van der Waals surface area contributed by atoms with E-state index in [9.17, 15) is 0 Å². The Labute approximate surface area is 162 Å². The first-order valence-electron chi connectivity index (χ1n) is 8.95. The number of aromatic nitrogens is 3.